The Hall–Kier alpha value is -1.95. The monoisotopic (exact) mass is 277 g/mol. The van der Waals surface area contributed by atoms with E-state index in [0.717, 1.165) is 10.7 Å². The number of amides is 1. The molecule has 0 atom stereocenters. The van der Waals surface area contributed by atoms with Gasteiger partial charge in [0.05, 0.1) is 17.1 Å². The van der Waals surface area contributed by atoms with Crippen molar-refractivity contribution in [3.8, 4) is 5.75 Å². The molecule has 0 bridgehead atoms. The van der Waals surface area contributed by atoms with E-state index in [2.05, 4.69) is 29.1 Å². The Morgan fingerprint density at radius 3 is 2.95 bits per heavy atom. The van der Waals surface area contributed by atoms with Crippen molar-refractivity contribution >= 4 is 23.1 Å². The first-order chi connectivity index (χ1) is 9.06. The topological polar surface area (TPSA) is 75.1 Å². The van der Waals surface area contributed by atoms with Crippen LogP contribution in [0.15, 0.2) is 23.7 Å². The number of anilines is 1. The zero-order chi connectivity index (χ0) is 13.8. The lowest BCUT2D eigenvalue weighted by molar-refractivity contribution is -0.115. The quantitative estimate of drug-likeness (QED) is 0.900. The number of nitrogens with zero attached hydrogens (tertiary/aromatic N) is 2. The summed E-state index contributed by atoms with van der Waals surface area (Å²) < 4.78 is 0. The van der Waals surface area contributed by atoms with Crippen LogP contribution < -0.4 is 5.32 Å². The molecule has 0 spiro atoms. The van der Waals surface area contributed by atoms with E-state index in [4.69, 9.17) is 0 Å². The highest BCUT2D eigenvalue weighted by atomic mass is 32.1. The van der Waals surface area contributed by atoms with Gasteiger partial charge in [-0.1, -0.05) is 13.8 Å². The van der Waals surface area contributed by atoms with E-state index in [1.165, 1.54) is 12.3 Å². The summed E-state index contributed by atoms with van der Waals surface area (Å²) in [6.45, 7) is 4.13. The maximum atomic E-state index is 11.8. The van der Waals surface area contributed by atoms with E-state index < -0.39 is 0 Å². The number of hydrogen-bond acceptors (Lipinski definition) is 5. The second-order valence-corrected chi connectivity index (χ2v) is 5.32. The largest absolute Gasteiger partial charge is 0.504 e. The lowest BCUT2D eigenvalue weighted by atomic mass is 10.2. The Morgan fingerprint density at radius 2 is 2.32 bits per heavy atom. The van der Waals surface area contributed by atoms with Gasteiger partial charge in [0.15, 0.2) is 11.6 Å². The lowest BCUT2D eigenvalue weighted by Gasteiger charge is -2.04. The molecule has 0 radical (unpaired) electrons. The smallest absolute Gasteiger partial charge is 0.231 e. The van der Waals surface area contributed by atoms with Gasteiger partial charge in [-0.15, -0.1) is 11.3 Å². The van der Waals surface area contributed by atoms with Crippen LogP contribution in [0, 0.1) is 0 Å². The molecule has 2 aromatic heterocycles. The van der Waals surface area contributed by atoms with Crippen LogP contribution >= 0.6 is 11.3 Å². The summed E-state index contributed by atoms with van der Waals surface area (Å²) in [5.74, 6) is 0.250. The Kier molecular flexibility index (Phi) is 4.11. The highest BCUT2D eigenvalue weighted by Crippen LogP contribution is 2.21. The number of aromatic nitrogens is 2. The second-order valence-electron chi connectivity index (χ2n) is 4.43. The SMILES string of the molecule is CC(C)c1nc(CC(=O)Nc2ncccc2O)cs1. The van der Waals surface area contributed by atoms with Crippen LogP contribution in [0.1, 0.15) is 30.5 Å². The Morgan fingerprint density at radius 1 is 1.53 bits per heavy atom. The summed E-state index contributed by atoms with van der Waals surface area (Å²) in [7, 11) is 0. The van der Waals surface area contributed by atoms with E-state index in [1.807, 2.05) is 5.38 Å². The summed E-state index contributed by atoms with van der Waals surface area (Å²) in [6.07, 6.45) is 1.69. The number of hydrogen-bond donors (Lipinski definition) is 2. The predicted octanol–water partition coefficient (Wildman–Crippen LogP) is 2.55. The van der Waals surface area contributed by atoms with Gasteiger partial charge in [0.1, 0.15) is 0 Å². The molecule has 0 aliphatic carbocycles. The zero-order valence-corrected chi connectivity index (χ0v) is 11.6. The molecule has 2 heterocycles. The fraction of sp³-hybridized carbons (Fsp3) is 0.308. The van der Waals surface area contributed by atoms with E-state index in [-0.39, 0.29) is 23.9 Å². The number of aromatic hydroxyl groups is 1. The van der Waals surface area contributed by atoms with Crippen LogP contribution in [0.3, 0.4) is 0 Å². The van der Waals surface area contributed by atoms with E-state index >= 15 is 0 Å². The fourth-order valence-electron chi connectivity index (χ4n) is 1.50. The molecule has 0 aromatic carbocycles. The van der Waals surface area contributed by atoms with Crippen molar-refractivity contribution in [3.63, 3.8) is 0 Å². The number of rotatable bonds is 4. The average molecular weight is 277 g/mol. The predicted molar refractivity (Wildman–Crippen MR) is 74.4 cm³/mol. The number of pyridine rings is 1. The van der Waals surface area contributed by atoms with E-state index in [1.54, 1.807) is 17.4 Å². The molecule has 0 saturated heterocycles. The number of carbonyl (C=O) groups is 1. The minimum atomic E-state index is -0.241. The molecule has 5 nitrogen and oxygen atoms in total. The molecule has 1 amide bonds. The third-order valence-electron chi connectivity index (χ3n) is 2.45. The van der Waals surface area contributed by atoms with Gasteiger partial charge in [0.25, 0.3) is 0 Å². The van der Waals surface area contributed by atoms with Crippen molar-refractivity contribution in [1.82, 2.24) is 9.97 Å². The number of thiazole rings is 1. The zero-order valence-electron chi connectivity index (χ0n) is 10.8. The third-order valence-corrected chi connectivity index (χ3v) is 3.64. The molecule has 0 aliphatic heterocycles. The lowest BCUT2D eigenvalue weighted by Crippen LogP contribution is -2.15. The van der Waals surface area contributed by atoms with Crippen LogP contribution in [0.5, 0.6) is 5.75 Å². The van der Waals surface area contributed by atoms with Gasteiger partial charge in [-0.05, 0) is 12.1 Å². The molecule has 19 heavy (non-hydrogen) atoms. The second kappa shape index (κ2) is 5.79. The normalized spacial score (nSPS) is 10.7. The van der Waals surface area contributed by atoms with Gasteiger partial charge in [-0.25, -0.2) is 9.97 Å². The molecule has 2 N–H and O–H groups in total. The van der Waals surface area contributed by atoms with Crippen molar-refractivity contribution in [2.75, 3.05) is 5.32 Å². The van der Waals surface area contributed by atoms with Gasteiger partial charge < -0.3 is 10.4 Å². The average Bonchev–Trinajstić information content (AvgIpc) is 2.80. The summed E-state index contributed by atoms with van der Waals surface area (Å²) >= 11 is 1.55. The van der Waals surface area contributed by atoms with Crippen molar-refractivity contribution in [1.29, 1.82) is 0 Å². The highest BCUT2D eigenvalue weighted by molar-refractivity contribution is 7.09. The molecule has 0 fully saturated rings. The molecule has 0 unspecified atom stereocenters. The van der Waals surface area contributed by atoms with Crippen LogP contribution in [0.4, 0.5) is 5.82 Å². The van der Waals surface area contributed by atoms with Crippen LogP contribution in [0.25, 0.3) is 0 Å². The Bertz CT molecular complexity index is 581. The first-order valence-corrected chi connectivity index (χ1v) is 6.82. The first kappa shape index (κ1) is 13.5. The molecule has 0 saturated carbocycles. The van der Waals surface area contributed by atoms with Gasteiger partial charge in [0, 0.05) is 17.5 Å². The van der Waals surface area contributed by atoms with Gasteiger partial charge in [-0.3, -0.25) is 4.79 Å². The maximum absolute atomic E-state index is 11.8. The molecule has 2 aromatic rings. The third kappa shape index (κ3) is 3.51. The first-order valence-electron chi connectivity index (χ1n) is 5.94. The van der Waals surface area contributed by atoms with Crippen molar-refractivity contribution in [3.05, 3.63) is 34.4 Å². The minimum absolute atomic E-state index is 0.0444. The molecule has 0 aliphatic rings. The standard InChI is InChI=1S/C13H15N3O2S/c1-8(2)13-15-9(7-19-13)6-11(18)16-12-10(17)4-3-5-14-12/h3-5,7-8,17H,6H2,1-2H3,(H,14,16,18). The Balaban J connectivity index is 1.99. The van der Waals surface area contributed by atoms with Gasteiger partial charge >= 0.3 is 0 Å². The van der Waals surface area contributed by atoms with E-state index in [9.17, 15) is 9.90 Å². The summed E-state index contributed by atoms with van der Waals surface area (Å²) in [5, 5.41) is 15.0. The summed E-state index contributed by atoms with van der Waals surface area (Å²) in [5.41, 5.74) is 0.738. The van der Waals surface area contributed by atoms with Crippen LogP contribution in [-0.4, -0.2) is 21.0 Å². The van der Waals surface area contributed by atoms with Crippen molar-refractivity contribution < 1.29 is 9.90 Å². The molecule has 2 rings (SSSR count). The van der Waals surface area contributed by atoms with Crippen molar-refractivity contribution in [2.45, 2.75) is 26.2 Å². The Labute approximate surface area is 115 Å². The molecule has 100 valence electrons. The van der Waals surface area contributed by atoms with Crippen LogP contribution in [0.2, 0.25) is 0 Å². The number of carbonyl (C=O) groups excluding carboxylic acids is 1. The number of nitrogens with one attached hydrogen (secondary N) is 1. The summed E-state index contributed by atoms with van der Waals surface area (Å²) in [4.78, 5) is 20.1. The van der Waals surface area contributed by atoms with Crippen LogP contribution in [-0.2, 0) is 11.2 Å². The maximum Gasteiger partial charge on any atom is 0.231 e. The molecule has 6 heteroatoms. The van der Waals surface area contributed by atoms with Gasteiger partial charge in [0.2, 0.25) is 5.91 Å². The van der Waals surface area contributed by atoms with Gasteiger partial charge in [-0.2, -0.15) is 0 Å². The summed E-state index contributed by atoms with van der Waals surface area (Å²) in [6, 6.07) is 3.07. The fourth-order valence-corrected chi connectivity index (χ4v) is 2.34. The molecular weight excluding hydrogens is 262 g/mol. The van der Waals surface area contributed by atoms with E-state index in [0.29, 0.717) is 5.92 Å². The molecular formula is C13H15N3O2S. The highest BCUT2D eigenvalue weighted by Gasteiger charge is 2.11. The minimum Gasteiger partial charge on any atom is -0.504 e. The van der Waals surface area contributed by atoms with Crippen molar-refractivity contribution in [2.24, 2.45) is 0 Å².